The first kappa shape index (κ1) is 15.8. The van der Waals surface area contributed by atoms with E-state index in [1.165, 1.54) is 6.07 Å². The molecule has 0 aliphatic carbocycles. The third-order valence-electron chi connectivity index (χ3n) is 2.42. The van der Waals surface area contributed by atoms with E-state index >= 15 is 0 Å². The molecule has 0 saturated heterocycles. The van der Waals surface area contributed by atoms with Gasteiger partial charge in [0.25, 0.3) is 5.91 Å². The fourth-order valence-corrected chi connectivity index (χ4v) is 1.53. The second kappa shape index (κ2) is 6.24. The first-order chi connectivity index (χ1) is 9.27. The van der Waals surface area contributed by atoms with E-state index in [0.29, 0.717) is 0 Å². The van der Waals surface area contributed by atoms with Crippen LogP contribution in [0.2, 0.25) is 0 Å². The van der Waals surface area contributed by atoms with Crippen LogP contribution in [0.25, 0.3) is 0 Å². The molecule has 0 spiro atoms. The van der Waals surface area contributed by atoms with Gasteiger partial charge in [0.2, 0.25) is 5.91 Å². The van der Waals surface area contributed by atoms with E-state index in [2.05, 4.69) is 5.32 Å². The SMILES string of the molecule is NNc1c(C(=O)NCCC(N)=O)cccc1C(F)(F)F. The van der Waals surface area contributed by atoms with E-state index < -0.39 is 29.2 Å². The number of hydrogen-bond acceptors (Lipinski definition) is 4. The highest BCUT2D eigenvalue weighted by molar-refractivity contribution is 6.00. The van der Waals surface area contributed by atoms with Gasteiger partial charge in [-0.3, -0.25) is 15.4 Å². The molecule has 0 unspecified atom stereocenters. The van der Waals surface area contributed by atoms with Gasteiger partial charge in [0.15, 0.2) is 0 Å². The quantitative estimate of drug-likeness (QED) is 0.470. The molecule has 1 aromatic carbocycles. The maximum Gasteiger partial charge on any atom is 0.418 e. The van der Waals surface area contributed by atoms with E-state index in [4.69, 9.17) is 11.6 Å². The van der Waals surface area contributed by atoms with Crippen LogP contribution in [0, 0.1) is 0 Å². The van der Waals surface area contributed by atoms with Crippen molar-refractivity contribution in [3.8, 4) is 0 Å². The molecule has 110 valence electrons. The molecular formula is C11H13F3N4O2. The highest BCUT2D eigenvalue weighted by Gasteiger charge is 2.35. The summed E-state index contributed by atoms with van der Waals surface area (Å²) in [5.74, 6) is 3.64. The van der Waals surface area contributed by atoms with Crippen LogP contribution in [0.3, 0.4) is 0 Å². The van der Waals surface area contributed by atoms with Crippen LogP contribution in [0.5, 0.6) is 0 Å². The Balaban J connectivity index is 3.00. The van der Waals surface area contributed by atoms with Gasteiger partial charge in [-0.1, -0.05) is 6.07 Å². The summed E-state index contributed by atoms with van der Waals surface area (Å²) in [5, 5.41) is 2.28. The van der Waals surface area contributed by atoms with Crippen molar-refractivity contribution < 1.29 is 22.8 Å². The number of benzene rings is 1. The lowest BCUT2D eigenvalue weighted by Crippen LogP contribution is -2.29. The Hall–Kier alpha value is -2.29. The Bertz CT molecular complexity index is 517. The first-order valence-corrected chi connectivity index (χ1v) is 5.50. The van der Waals surface area contributed by atoms with Gasteiger partial charge in [0.05, 0.1) is 16.8 Å². The van der Waals surface area contributed by atoms with Crippen LogP contribution >= 0.6 is 0 Å². The summed E-state index contributed by atoms with van der Waals surface area (Å²) in [6, 6.07) is 3.08. The molecule has 9 heteroatoms. The average molecular weight is 290 g/mol. The standard InChI is InChI=1S/C11H13F3N4O2/c12-11(13,14)7-3-1-2-6(9(7)18-16)10(20)17-5-4-8(15)19/h1-3,18H,4-5,16H2,(H2,15,19)(H,17,20). The predicted octanol–water partition coefficient (Wildman–Crippen LogP) is 0.596. The van der Waals surface area contributed by atoms with Crippen LogP contribution in [-0.4, -0.2) is 18.4 Å². The van der Waals surface area contributed by atoms with E-state index in [-0.39, 0.29) is 18.5 Å². The Kier molecular flexibility index (Phi) is 4.92. The summed E-state index contributed by atoms with van der Waals surface area (Å²) < 4.78 is 38.2. The monoisotopic (exact) mass is 290 g/mol. The summed E-state index contributed by atoms with van der Waals surface area (Å²) in [4.78, 5) is 22.3. The molecule has 0 aromatic heterocycles. The minimum atomic E-state index is -4.65. The highest BCUT2D eigenvalue weighted by Crippen LogP contribution is 2.36. The van der Waals surface area contributed by atoms with Gasteiger partial charge in [0, 0.05) is 13.0 Å². The van der Waals surface area contributed by atoms with E-state index in [1.807, 2.05) is 5.43 Å². The van der Waals surface area contributed by atoms with Crippen LogP contribution in [0.15, 0.2) is 18.2 Å². The number of hydrazine groups is 1. The molecule has 2 amide bonds. The molecule has 6 N–H and O–H groups in total. The van der Waals surface area contributed by atoms with Gasteiger partial charge in [-0.25, -0.2) is 0 Å². The molecule has 0 aliphatic heterocycles. The molecule has 0 saturated carbocycles. The van der Waals surface area contributed by atoms with Gasteiger partial charge in [-0.05, 0) is 12.1 Å². The molecule has 0 radical (unpaired) electrons. The maximum absolute atomic E-state index is 12.7. The molecule has 1 rings (SSSR count). The number of amides is 2. The number of nitrogen functional groups attached to an aromatic ring is 1. The summed E-state index contributed by atoms with van der Waals surface area (Å²) in [6.45, 7) is -0.0750. The number of nitrogens with two attached hydrogens (primary N) is 2. The zero-order chi connectivity index (χ0) is 15.3. The predicted molar refractivity (Wildman–Crippen MR) is 65.4 cm³/mol. The van der Waals surface area contributed by atoms with Crippen molar-refractivity contribution in [1.29, 1.82) is 0 Å². The minimum absolute atomic E-state index is 0.0750. The van der Waals surface area contributed by atoms with Crippen LogP contribution < -0.4 is 22.3 Å². The van der Waals surface area contributed by atoms with Gasteiger partial charge < -0.3 is 16.5 Å². The number of carbonyl (C=O) groups is 2. The molecular weight excluding hydrogens is 277 g/mol. The third kappa shape index (κ3) is 3.85. The van der Waals surface area contributed by atoms with Gasteiger partial charge in [0.1, 0.15) is 0 Å². The number of rotatable bonds is 5. The minimum Gasteiger partial charge on any atom is -0.370 e. The molecule has 1 aromatic rings. The molecule has 6 nitrogen and oxygen atoms in total. The van der Waals surface area contributed by atoms with Crippen LogP contribution in [0.4, 0.5) is 18.9 Å². The van der Waals surface area contributed by atoms with Crippen molar-refractivity contribution in [1.82, 2.24) is 5.32 Å². The third-order valence-corrected chi connectivity index (χ3v) is 2.42. The number of anilines is 1. The molecule has 0 aliphatic rings. The molecule has 20 heavy (non-hydrogen) atoms. The number of primary amides is 1. The summed E-state index contributed by atoms with van der Waals surface area (Å²) in [5.41, 5.74) is 4.91. The van der Waals surface area contributed by atoms with E-state index in [0.717, 1.165) is 12.1 Å². The fourth-order valence-electron chi connectivity index (χ4n) is 1.53. The lowest BCUT2D eigenvalue weighted by molar-refractivity contribution is -0.137. The normalized spacial score (nSPS) is 11.0. The molecule has 0 atom stereocenters. The van der Waals surface area contributed by atoms with Gasteiger partial charge in [-0.2, -0.15) is 13.2 Å². The lowest BCUT2D eigenvalue weighted by Gasteiger charge is -2.15. The zero-order valence-corrected chi connectivity index (χ0v) is 10.3. The van der Waals surface area contributed by atoms with Crippen LogP contribution in [-0.2, 0) is 11.0 Å². The molecule has 0 bridgehead atoms. The number of alkyl halides is 3. The molecule has 0 fully saturated rings. The van der Waals surface area contributed by atoms with Crippen LogP contribution in [0.1, 0.15) is 22.3 Å². The van der Waals surface area contributed by atoms with Crippen molar-refractivity contribution in [2.45, 2.75) is 12.6 Å². The van der Waals surface area contributed by atoms with E-state index in [9.17, 15) is 22.8 Å². The number of nitrogens with one attached hydrogen (secondary N) is 2. The van der Waals surface area contributed by atoms with Gasteiger partial charge in [-0.15, -0.1) is 0 Å². The van der Waals surface area contributed by atoms with Crippen molar-refractivity contribution in [3.63, 3.8) is 0 Å². The number of para-hydroxylation sites is 1. The van der Waals surface area contributed by atoms with Gasteiger partial charge >= 0.3 is 6.18 Å². The molecule has 0 heterocycles. The van der Waals surface area contributed by atoms with Crippen molar-refractivity contribution in [2.24, 2.45) is 11.6 Å². The largest absolute Gasteiger partial charge is 0.418 e. The second-order valence-corrected chi connectivity index (χ2v) is 3.84. The number of hydrogen-bond donors (Lipinski definition) is 4. The summed E-state index contributed by atoms with van der Waals surface area (Å²) >= 11 is 0. The number of halogens is 3. The second-order valence-electron chi connectivity index (χ2n) is 3.84. The topological polar surface area (TPSA) is 110 Å². The van der Waals surface area contributed by atoms with E-state index in [1.54, 1.807) is 0 Å². The zero-order valence-electron chi connectivity index (χ0n) is 10.3. The highest BCUT2D eigenvalue weighted by atomic mass is 19.4. The lowest BCUT2D eigenvalue weighted by atomic mass is 10.1. The fraction of sp³-hybridized carbons (Fsp3) is 0.273. The first-order valence-electron chi connectivity index (χ1n) is 5.50. The number of carbonyl (C=O) groups excluding carboxylic acids is 2. The van der Waals surface area contributed by atoms with Crippen molar-refractivity contribution >= 4 is 17.5 Å². The Labute approximate surface area is 112 Å². The Morgan fingerprint density at radius 2 is 1.90 bits per heavy atom. The van der Waals surface area contributed by atoms with Crippen molar-refractivity contribution in [2.75, 3.05) is 12.0 Å². The summed E-state index contributed by atoms with van der Waals surface area (Å²) in [7, 11) is 0. The Morgan fingerprint density at radius 1 is 1.25 bits per heavy atom. The smallest absolute Gasteiger partial charge is 0.370 e. The average Bonchev–Trinajstić information content (AvgIpc) is 2.36. The van der Waals surface area contributed by atoms with Crippen molar-refractivity contribution in [3.05, 3.63) is 29.3 Å². The maximum atomic E-state index is 12.7. The summed E-state index contributed by atoms with van der Waals surface area (Å²) in [6.07, 6.45) is -4.76. The Morgan fingerprint density at radius 3 is 2.40 bits per heavy atom.